The number of aliphatic hydroxyl groups is 1. The van der Waals surface area contributed by atoms with E-state index in [4.69, 9.17) is 5.26 Å². The molecule has 1 aromatic carbocycles. The maximum atomic E-state index is 13.4. The van der Waals surface area contributed by atoms with Gasteiger partial charge in [-0.2, -0.15) is 18.4 Å². The number of thiazole rings is 1. The number of aryl methyl sites for hydroxylation is 2. The fourth-order valence-corrected chi connectivity index (χ4v) is 5.75. The summed E-state index contributed by atoms with van der Waals surface area (Å²) in [5, 5.41) is 20.1. The zero-order chi connectivity index (χ0) is 23.3. The standard InChI is InChI=1S/C22H23F3N4O2S/c1-13-19(32-14(2)27-13)20(31)29-10-16-9-28(6-5-21(16,11-29)12-30)17-4-3-15(8-26)18(7-17)22(23,24)25/h3-4,7,16,30H,5-6,9-12H2,1-2H3/t16-,21+/m1/s1. The summed E-state index contributed by atoms with van der Waals surface area (Å²) in [5.74, 6) is -0.191. The number of likely N-dealkylation sites (tertiary alicyclic amines) is 1. The molecule has 10 heteroatoms. The maximum absolute atomic E-state index is 13.4. The van der Waals surface area contributed by atoms with E-state index in [1.807, 2.05) is 11.8 Å². The third-order valence-electron chi connectivity index (χ3n) is 6.63. The summed E-state index contributed by atoms with van der Waals surface area (Å²) >= 11 is 1.35. The Morgan fingerprint density at radius 2 is 2.12 bits per heavy atom. The van der Waals surface area contributed by atoms with Gasteiger partial charge in [-0.3, -0.25) is 4.79 Å². The van der Waals surface area contributed by atoms with E-state index in [1.54, 1.807) is 17.9 Å². The quantitative estimate of drug-likeness (QED) is 0.751. The number of aromatic nitrogens is 1. The van der Waals surface area contributed by atoms with Crippen LogP contribution in [-0.4, -0.2) is 53.7 Å². The second kappa shape index (κ2) is 8.05. The molecule has 32 heavy (non-hydrogen) atoms. The number of hydrogen-bond donors (Lipinski definition) is 1. The van der Waals surface area contributed by atoms with Gasteiger partial charge in [0.05, 0.1) is 34.5 Å². The SMILES string of the molecule is Cc1nc(C)c(C(=O)N2C[C@H]3CN(c4ccc(C#N)c(C(F)(F)F)c4)CC[C@@]3(CO)C2)s1. The van der Waals surface area contributed by atoms with Crippen molar-refractivity contribution >= 4 is 22.9 Å². The first kappa shape index (κ1) is 22.6. The van der Waals surface area contributed by atoms with Crippen LogP contribution in [0, 0.1) is 36.5 Å². The van der Waals surface area contributed by atoms with Gasteiger partial charge in [-0.15, -0.1) is 11.3 Å². The van der Waals surface area contributed by atoms with Crippen molar-refractivity contribution in [2.45, 2.75) is 26.4 Å². The number of alkyl halides is 3. The summed E-state index contributed by atoms with van der Waals surface area (Å²) in [4.78, 5) is 21.6. The summed E-state index contributed by atoms with van der Waals surface area (Å²) in [7, 11) is 0. The molecule has 0 spiro atoms. The molecule has 4 rings (SSSR count). The van der Waals surface area contributed by atoms with Crippen molar-refractivity contribution in [1.29, 1.82) is 5.26 Å². The van der Waals surface area contributed by atoms with E-state index in [9.17, 15) is 23.1 Å². The van der Waals surface area contributed by atoms with Crippen molar-refractivity contribution in [3.8, 4) is 6.07 Å². The molecule has 2 atom stereocenters. The van der Waals surface area contributed by atoms with Crippen molar-refractivity contribution < 1.29 is 23.1 Å². The predicted molar refractivity (Wildman–Crippen MR) is 113 cm³/mol. The van der Waals surface area contributed by atoms with Crippen LogP contribution in [0.15, 0.2) is 18.2 Å². The summed E-state index contributed by atoms with van der Waals surface area (Å²) in [5.41, 5.74) is -0.753. The number of halogens is 3. The minimum Gasteiger partial charge on any atom is -0.396 e. The molecule has 2 saturated heterocycles. The molecule has 170 valence electrons. The van der Waals surface area contributed by atoms with Gasteiger partial charge in [-0.05, 0) is 38.5 Å². The van der Waals surface area contributed by atoms with Crippen LogP contribution in [0.25, 0.3) is 0 Å². The van der Waals surface area contributed by atoms with Crippen LogP contribution < -0.4 is 4.90 Å². The summed E-state index contributed by atoms with van der Waals surface area (Å²) in [6.45, 7) is 5.28. The van der Waals surface area contributed by atoms with E-state index in [-0.39, 0.29) is 18.4 Å². The van der Waals surface area contributed by atoms with Gasteiger partial charge in [0.1, 0.15) is 4.88 Å². The number of aliphatic hydroxyl groups excluding tert-OH is 1. The number of piperidine rings is 1. The van der Waals surface area contributed by atoms with E-state index < -0.39 is 22.7 Å². The molecule has 2 aliphatic heterocycles. The Bertz CT molecular complexity index is 1090. The molecule has 0 saturated carbocycles. The average molecular weight is 465 g/mol. The number of amides is 1. The van der Waals surface area contributed by atoms with Gasteiger partial charge in [-0.25, -0.2) is 4.98 Å². The van der Waals surface area contributed by atoms with Crippen LogP contribution >= 0.6 is 11.3 Å². The Labute approximate surface area is 187 Å². The maximum Gasteiger partial charge on any atom is 0.417 e. The molecule has 2 aliphatic rings. The van der Waals surface area contributed by atoms with Crippen LogP contribution in [0.1, 0.15) is 37.9 Å². The minimum absolute atomic E-state index is 0.0792. The Morgan fingerprint density at radius 3 is 2.72 bits per heavy atom. The molecule has 0 unspecified atom stereocenters. The number of nitrogens with zero attached hydrogens (tertiary/aromatic N) is 4. The van der Waals surface area contributed by atoms with Gasteiger partial charge in [0, 0.05) is 43.2 Å². The number of nitriles is 1. The molecule has 0 bridgehead atoms. The molecule has 2 aromatic rings. The largest absolute Gasteiger partial charge is 0.417 e. The molecule has 2 fully saturated rings. The lowest BCUT2D eigenvalue weighted by molar-refractivity contribution is -0.137. The molecule has 6 nitrogen and oxygen atoms in total. The molecular weight excluding hydrogens is 441 g/mol. The monoisotopic (exact) mass is 464 g/mol. The molecule has 1 N–H and O–H groups in total. The van der Waals surface area contributed by atoms with Crippen molar-refractivity contribution in [1.82, 2.24) is 9.88 Å². The first-order valence-electron chi connectivity index (χ1n) is 10.3. The number of carbonyl (C=O) groups is 1. The van der Waals surface area contributed by atoms with Gasteiger partial charge in [0.2, 0.25) is 0 Å². The Hall–Kier alpha value is -2.64. The molecular formula is C22H23F3N4O2S. The Balaban J connectivity index is 1.57. The zero-order valence-corrected chi connectivity index (χ0v) is 18.6. The van der Waals surface area contributed by atoms with E-state index in [0.717, 1.165) is 11.1 Å². The second-order valence-corrected chi connectivity index (χ2v) is 9.79. The van der Waals surface area contributed by atoms with Gasteiger partial charge in [0.25, 0.3) is 5.91 Å². The number of fused-ring (bicyclic) bond motifs is 1. The van der Waals surface area contributed by atoms with Crippen LogP contribution in [0.5, 0.6) is 0 Å². The first-order valence-corrected chi connectivity index (χ1v) is 11.1. The fraction of sp³-hybridized carbons (Fsp3) is 0.500. The first-order chi connectivity index (χ1) is 15.1. The van der Waals surface area contributed by atoms with Gasteiger partial charge < -0.3 is 14.9 Å². The number of hydrogen-bond acceptors (Lipinski definition) is 6. The zero-order valence-electron chi connectivity index (χ0n) is 17.7. The molecule has 0 radical (unpaired) electrons. The van der Waals surface area contributed by atoms with Gasteiger partial charge in [-0.1, -0.05) is 0 Å². The third kappa shape index (κ3) is 3.84. The smallest absolute Gasteiger partial charge is 0.396 e. The highest BCUT2D eigenvalue weighted by molar-refractivity contribution is 7.13. The van der Waals surface area contributed by atoms with Crippen molar-refractivity contribution in [2.75, 3.05) is 37.7 Å². The average Bonchev–Trinajstić information content (AvgIpc) is 3.31. The van der Waals surface area contributed by atoms with Crippen molar-refractivity contribution in [2.24, 2.45) is 11.3 Å². The number of carbonyl (C=O) groups excluding carboxylic acids is 1. The fourth-order valence-electron chi connectivity index (χ4n) is 4.86. The van der Waals surface area contributed by atoms with Gasteiger partial charge in [0.15, 0.2) is 0 Å². The van der Waals surface area contributed by atoms with E-state index in [2.05, 4.69) is 4.98 Å². The highest BCUT2D eigenvalue weighted by Crippen LogP contribution is 2.45. The van der Waals surface area contributed by atoms with Crippen LogP contribution in [0.3, 0.4) is 0 Å². The highest BCUT2D eigenvalue weighted by Gasteiger charge is 2.51. The number of rotatable bonds is 3. The van der Waals surface area contributed by atoms with Crippen LogP contribution in [0.4, 0.5) is 18.9 Å². The van der Waals surface area contributed by atoms with Crippen molar-refractivity contribution in [3.05, 3.63) is 44.9 Å². The minimum atomic E-state index is -4.62. The normalized spacial score (nSPS) is 23.2. The molecule has 1 aromatic heterocycles. The lowest BCUT2D eigenvalue weighted by Crippen LogP contribution is -2.49. The number of benzene rings is 1. The topological polar surface area (TPSA) is 80.5 Å². The number of anilines is 1. The predicted octanol–water partition coefficient (Wildman–Crippen LogP) is 3.61. The van der Waals surface area contributed by atoms with Crippen LogP contribution in [0.2, 0.25) is 0 Å². The van der Waals surface area contributed by atoms with E-state index in [0.29, 0.717) is 48.9 Å². The summed E-state index contributed by atoms with van der Waals surface area (Å²) in [6.07, 6.45) is -4.06. The Kier molecular flexibility index (Phi) is 5.67. The van der Waals surface area contributed by atoms with E-state index >= 15 is 0 Å². The van der Waals surface area contributed by atoms with Crippen molar-refractivity contribution in [3.63, 3.8) is 0 Å². The van der Waals surface area contributed by atoms with Crippen LogP contribution in [-0.2, 0) is 6.18 Å². The third-order valence-corrected chi connectivity index (χ3v) is 7.69. The summed E-state index contributed by atoms with van der Waals surface area (Å²) < 4.78 is 40.2. The summed E-state index contributed by atoms with van der Waals surface area (Å²) in [6, 6.07) is 5.35. The highest BCUT2D eigenvalue weighted by atomic mass is 32.1. The molecule has 1 amide bonds. The molecule has 3 heterocycles. The van der Waals surface area contributed by atoms with Gasteiger partial charge >= 0.3 is 6.18 Å². The lowest BCUT2D eigenvalue weighted by atomic mass is 9.73. The lowest BCUT2D eigenvalue weighted by Gasteiger charge is -2.43. The molecule has 0 aliphatic carbocycles. The second-order valence-electron chi connectivity index (χ2n) is 8.59. The van der Waals surface area contributed by atoms with E-state index in [1.165, 1.54) is 23.5 Å². The Morgan fingerprint density at radius 1 is 1.38 bits per heavy atom.